The van der Waals surface area contributed by atoms with Crippen molar-refractivity contribution in [3.05, 3.63) is 41.7 Å². The summed E-state index contributed by atoms with van der Waals surface area (Å²) >= 11 is 0. The van der Waals surface area contributed by atoms with E-state index in [9.17, 15) is 9.90 Å². The van der Waals surface area contributed by atoms with Crippen LogP contribution in [0.5, 0.6) is 0 Å². The lowest BCUT2D eigenvalue weighted by Gasteiger charge is -2.32. The number of fused-ring (bicyclic) bond motifs is 1. The smallest absolute Gasteiger partial charge is 0.306 e. The van der Waals surface area contributed by atoms with Gasteiger partial charge in [0.1, 0.15) is 17.5 Å². The van der Waals surface area contributed by atoms with Gasteiger partial charge in [-0.05, 0) is 44.7 Å². The highest BCUT2D eigenvalue weighted by Gasteiger charge is 2.30. The molecule has 1 unspecified atom stereocenters. The first-order valence-electron chi connectivity index (χ1n) is 9.23. The van der Waals surface area contributed by atoms with Crippen LogP contribution in [-0.2, 0) is 11.2 Å². The highest BCUT2D eigenvalue weighted by Crippen LogP contribution is 2.38. The van der Waals surface area contributed by atoms with E-state index in [2.05, 4.69) is 46.0 Å². The van der Waals surface area contributed by atoms with E-state index in [0.29, 0.717) is 18.9 Å². The van der Waals surface area contributed by atoms with E-state index in [0.717, 1.165) is 37.0 Å². The van der Waals surface area contributed by atoms with Gasteiger partial charge < -0.3 is 14.9 Å². The molecule has 0 saturated carbocycles. The highest BCUT2D eigenvalue weighted by molar-refractivity contribution is 5.71. The number of hydrogen-bond donors (Lipinski definition) is 1. The van der Waals surface area contributed by atoms with E-state index >= 15 is 0 Å². The molecule has 0 radical (unpaired) electrons. The van der Waals surface area contributed by atoms with Crippen LogP contribution >= 0.6 is 0 Å². The first kappa shape index (κ1) is 16.8. The number of aromatic nitrogens is 2. The van der Waals surface area contributed by atoms with Gasteiger partial charge in [0.2, 0.25) is 0 Å². The number of anilines is 3. The van der Waals surface area contributed by atoms with Gasteiger partial charge in [-0.3, -0.25) is 4.79 Å². The number of hydrogen-bond acceptors (Lipinski definition) is 5. The van der Waals surface area contributed by atoms with Crippen molar-refractivity contribution in [2.75, 3.05) is 22.9 Å². The molecule has 1 aromatic heterocycles. The summed E-state index contributed by atoms with van der Waals surface area (Å²) in [5.41, 5.74) is 2.56. The molecule has 1 atom stereocenters. The van der Waals surface area contributed by atoms with Crippen LogP contribution in [0.4, 0.5) is 17.3 Å². The molecular weight excluding hydrogens is 328 g/mol. The first-order chi connectivity index (χ1) is 12.5. The maximum atomic E-state index is 11.2. The summed E-state index contributed by atoms with van der Waals surface area (Å²) in [6, 6.07) is 10.9. The third-order valence-electron chi connectivity index (χ3n) is 5.43. The second-order valence-corrected chi connectivity index (χ2v) is 7.28. The molecule has 0 amide bonds. The number of piperidine rings is 1. The number of benzene rings is 1. The molecule has 0 bridgehead atoms. The van der Waals surface area contributed by atoms with Crippen LogP contribution in [0.3, 0.4) is 0 Å². The highest BCUT2D eigenvalue weighted by atomic mass is 16.4. The van der Waals surface area contributed by atoms with Crippen LogP contribution in [0.15, 0.2) is 30.3 Å². The Balaban J connectivity index is 1.63. The second kappa shape index (κ2) is 6.59. The van der Waals surface area contributed by atoms with Crippen molar-refractivity contribution in [1.29, 1.82) is 0 Å². The Morgan fingerprint density at radius 3 is 2.58 bits per heavy atom. The molecule has 0 aliphatic carbocycles. The summed E-state index contributed by atoms with van der Waals surface area (Å²) in [7, 11) is 0. The summed E-state index contributed by atoms with van der Waals surface area (Å²) in [4.78, 5) is 25.0. The molecule has 2 aliphatic rings. The van der Waals surface area contributed by atoms with Crippen molar-refractivity contribution in [2.24, 2.45) is 5.92 Å². The number of para-hydroxylation sites is 1. The summed E-state index contributed by atoms with van der Waals surface area (Å²) in [6.45, 7) is 5.58. The van der Waals surface area contributed by atoms with Crippen LogP contribution in [0.25, 0.3) is 0 Å². The fourth-order valence-electron chi connectivity index (χ4n) is 4.09. The van der Waals surface area contributed by atoms with Crippen molar-refractivity contribution >= 4 is 23.3 Å². The van der Waals surface area contributed by atoms with E-state index in [4.69, 9.17) is 4.98 Å². The van der Waals surface area contributed by atoms with Gasteiger partial charge in [-0.25, -0.2) is 9.97 Å². The fraction of sp³-hybridized carbons (Fsp3) is 0.450. The summed E-state index contributed by atoms with van der Waals surface area (Å²) in [6.07, 6.45) is 2.34. The van der Waals surface area contributed by atoms with Gasteiger partial charge in [-0.2, -0.15) is 0 Å². The Hall–Kier alpha value is -2.63. The molecule has 2 aliphatic heterocycles. The van der Waals surface area contributed by atoms with Gasteiger partial charge in [0, 0.05) is 30.9 Å². The minimum atomic E-state index is -0.688. The molecule has 2 aromatic rings. The Kier molecular flexibility index (Phi) is 4.26. The molecule has 1 fully saturated rings. The van der Waals surface area contributed by atoms with Crippen LogP contribution in [-0.4, -0.2) is 40.2 Å². The minimum Gasteiger partial charge on any atom is -0.481 e. The summed E-state index contributed by atoms with van der Waals surface area (Å²) in [5, 5.41) is 9.20. The molecule has 6 nitrogen and oxygen atoms in total. The monoisotopic (exact) mass is 352 g/mol. The molecular formula is C20H24N4O2. The van der Waals surface area contributed by atoms with E-state index in [1.807, 2.05) is 13.0 Å². The zero-order chi connectivity index (χ0) is 18.3. The van der Waals surface area contributed by atoms with E-state index in [1.54, 1.807) is 0 Å². The maximum Gasteiger partial charge on any atom is 0.306 e. The maximum absolute atomic E-state index is 11.2. The standard InChI is InChI=1S/C20H24N4O2/c1-13-11-16-5-3-4-6-17(16)24(13)19-12-18(21-14(2)22-19)23-9-7-15(8-10-23)20(25)26/h3-6,12-13,15H,7-11H2,1-2H3,(H,25,26). The van der Waals surface area contributed by atoms with E-state index in [-0.39, 0.29) is 5.92 Å². The lowest BCUT2D eigenvalue weighted by molar-refractivity contribution is -0.142. The molecule has 1 aromatic carbocycles. The first-order valence-corrected chi connectivity index (χ1v) is 9.23. The Labute approximate surface area is 153 Å². The van der Waals surface area contributed by atoms with Gasteiger partial charge >= 0.3 is 5.97 Å². The van der Waals surface area contributed by atoms with Crippen molar-refractivity contribution in [3.8, 4) is 0 Å². The van der Waals surface area contributed by atoms with Gasteiger partial charge in [-0.15, -0.1) is 0 Å². The average Bonchev–Trinajstić information content (AvgIpc) is 2.97. The Morgan fingerprint density at radius 2 is 1.85 bits per heavy atom. The Morgan fingerprint density at radius 1 is 1.15 bits per heavy atom. The number of carboxylic acids is 1. The molecule has 26 heavy (non-hydrogen) atoms. The van der Waals surface area contributed by atoms with Crippen LogP contribution in [0.1, 0.15) is 31.2 Å². The predicted octanol–water partition coefficient (Wildman–Crippen LogP) is 3.17. The average molecular weight is 352 g/mol. The number of carboxylic acid groups (broad SMARTS) is 1. The molecule has 4 rings (SSSR count). The third-order valence-corrected chi connectivity index (χ3v) is 5.43. The number of aryl methyl sites for hydroxylation is 1. The van der Waals surface area contributed by atoms with Gasteiger partial charge in [0.15, 0.2) is 0 Å². The van der Waals surface area contributed by atoms with Gasteiger partial charge in [0.25, 0.3) is 0 Å². The minimum absolute atomic E-state index is 0.237. The molecule has 3 heterocycles. The second-order valence-electron chi connectivity index (χ2n) is 7.28. The normalized spacial score (nSPS) is 20.3. The molecule has 1 saturated heterocycles. The van der Waals surface area contributed by atoms with E-state index < -0.39 is 5.97 Å². The zero-order valence-corrected chi connectivity index (χ0v) is 15.2. The molecule has 136 valence electrons. The third kappa shape index (κ3) is 3.00. The van der Waals surface area contributed by atoms with Gasteiger partial charge in [-0.1, -0.05) is 18.2 Å². The van der Waals surface area contributed by atoms with Crippen LogP contribution in [0.2, 0.25) is 0 Å². The molecule has 6 heteroatoms. The summed E-state index contributed by atoms with van der Waals surface area (Å²) < 4.78 is 0. The number of aliphatic carboxylic acids is 1. The lowest BCUT2D eigenvalue weighted by atomic mass is 9.97. The fourth-order valence-corrected chi connectivity index (χ4v) is 4.09. The Bertz CT molecular complexity index is 830. The van der Waals surface area contributed by atoms with Crippen molar-refractivity contribution in [2.45, 2.75) is 39.2 Å². The molecule has 1 N–H and O–H groups in total. The largest absolute Gasteiger partial charge is 0.481 e. The summed E-state index contributed by atoms with van der Waals surface area (Å²) in [5.74, 6) is 1.64. The van der Waals surface area contributed by atoms with Crippen LogP contribution < -0.4 is 9.80 Å². The van der Waals surface area contributed by atoms with Crippen molar-refractivity contribution in [3.63, 3.8) is 0 Å². The SMILES string of the molecule is Cc1nc(N2CCC(C(=O)O)CC2)cc(N2c3ccccc3CC2C)n1. The quantitative estimate of drug-likeness (QED) is 0.915. The number of rotatable bonds is 3. The number of carbonyl (C=O) groups is 1. The van der Waals surface area contributed by atoms with Crippen molar-refractivity contribution in [1.82, 2.24) is 9.97 Å². The topological polar surface area (TPSA) is 69.6 Å². The van der Waals surface area contributed by atoms with Crippen molar-refractivity contribution < 1.29 is 9.90 Å². The predicted molar refractivity (Wildman–Crippen MR) is 101 cm³/mol. The molecule has 0 spiro atoms. The van der Waals surface area contributed by atoms with Crippen LogP contribution in [0, 0.1) is 12.8 Å². The number of nitrogens with zero attached hydrogens (tertiary/aromatic N) is 4. The van der Waals surface area contributed by atoms with Gasteiger partial charge in [0.05, 0.1) is 5.92 Å². The lowest BCUT2D eigenvalue weighted by Crippen LogP contribution is -2.37. The zero-order valence-electron chi connectivity index (χ0n) is 15.2. The van der Waals surface area contributed by atoms with E-state index in [1.165, 1.54) is 11.3 Å².